The Morgan fingerprint density at radius 2 is 1.59 bits per heavy atom. The highest BCUT2D eigenvalue weighted by molar-refractivity contribution is 6.01. The molecule has 29 heavy (non-hydrogen) atoms. The van der Waals surface area contributed by atoms with Crippen LogP contribution in [0.25, 0.3) is 44.3 Å². The SMILES string of the molecule is Cc1ccc2c3c([nH]c2c1)-c1nc2ccccc2c(-c2ccccc2)c1CCC3. The lowest BCUT2D eigenvalue weighted by Crippen LogP contribution is -1.98. The maximum atomic E-state index is 5.19. The van der Waals surface area contributed by atoms with Crippen LogP contribution < -0.4 is 0 Å². The van der Waals surface area contributed by atoms with Crippen molar-refractivity contribution < 1.29 is 0 Å². The predicted molar refractivity (Wildman–Crippen MR) is 121 cm³/mol. The number of hydrogen-bond donors (Lipinski definition) is 1. The Bertz CT molecular complexity index is 1380. The average Bonchev–Trinajstić information content (AvgIpc) is 3.01. The lowest BCUT2D eigenvalue weighted by molar-refractivity contribution is 0.839. The maximum Gasteiger partial charge on any atom is 0.0913 e. The van der Waals surface area contributed by atoms with Gasteiger partial charge < -0.3 is 4.98 Å². The van der Waals surface area contributed by atoms with Crippen LogP contribution in [0.4, 0.5) is 0 Å². The van der Waals surface area contributed by atoms with Gasteiger partial charge in [-0.2, -0.15) is 0 Å². The van der Waals surface area contributed by atoms with Crippen molar-refractivity contribution >= 4 is 21.8 Å². The summed E-state index contributed by atoms with van der Waals surface area (Å²) in [5.41, 5.74) is 11.3. The first kappa shape index (κ1) is 16.6. The van der Waals surface area contributed by atoms with Crippen molar-refractivity contribution in [3.05, 3.63) is 89.5 Å². The molecule has 0 saturated heterocycles. The number of aromatic nitrogens is 2. The van der Waals surface area contributed by atoms with E-state index in [0.717, 1.165) is 30.5 Å². The zero-order valence-electron chi connectivity index (χ0n) is 16.5. The Morgan fingerprint density at radius 1 is 0.793 bits per heavy atom. The molecule has 6 rings (SSSR count). The third-order valence-electron chi connectivity index (χ3n) is 6.21. The number of fused-ring (bicyclic) bond motifs is 6. The van der Waals surface area contributed by atoms with Crippen molar-refractivity contribution in [1.82, 2.24) is 9.97 Å². The number of para-hydroxylation sites is 1. The molecule has 0 bridgehead atoms. The first-order chi connectivity index (χ1) is 14.3. The van der Waals surface area contributed by atoms with Gasteiger partial charge in [0, 0.05) is 16.3 Å². The van der Waals surface area contributed by atoms with Crippen molar-refractivity contribution in [2.75, 3.05) is 0 Å². The zero-order valence-corrected chi connectivity index (χ0v) is 16.5. The van der Waals surface area contributed by atoms with Gasteiger partial charge in [0.15, 0.2) is 0 Å². The Kier molecular flexibility index (Phi) is 3.60. The summed E-state index contributed by atoms with van der Waals surface area (Å²) in [4.78, 5) is 8.92. The van der Waals surface area contributed by atoms with Gasteiger partial charge in [0.05, 0.1) is 16.9 Å². The lowest BCUT2D eigenvalue weighted by Gasteiger charge is -2.16. The first-order valence-corrected chi connectivity index (χ1v) is 10.4. The fourth-order valence-electron chi connectivity index (χ4n) is 4.91. The number of H-pyrrole nitrogens is 1. The molecule has 1 aliphatic rings. The van der Waals surface area contributed by atoms with Crippen LogP contribution in [0.1, 0.15) is 23.1 Å². The molecule has 0 fully saturated rings. The van der Waals surface area contributed by atoms with Gasteiger partial charge in [-0.05, 0) is 66.1 Å². The third-order valence-corrected chi connectivity index (χ3v) is 6.21. The molecule has 2 aromatic heterocycles. The molecule has 0 aliphatic heterocycles. The van der Waals surface area contributed by atoms with Crippen LogP contribution in [-0.4, -0.2) is 9.97 Å². The summed E-state index contributed by atoms with van der Waals surface area (Å²) in [5, 5.41) is 2.59. The predicted octanol–water partition coefficient (Wildman–Crippen LogP) is 6.85. The van der Waals surface area contributed by atoms with E-state index in [1.54, 1.807) is 0 Å². The standard InChI is InChI=1S/C27H22N2/c1-17-14-15-19-20-11-7-12-22-25(18-8-3-2-4-9-18)21-10-5-6-13-23(21)28-27(22)26(20)29-24(19)16-17/h2-6,8-10,13-16,29H,7,11-12H2,1H3. The smallest absolute Gasteiger partial charge is 0.0913 e. The molecule has 0 unspecified atom stereocenters. The van der Waals surface area contributed by atoms with Crippen LogP contribution in [0.5, 0.6) is 0 Å². The van der Waals surface area contributed by atoms with Crippen LogP contribution in [0.3, 0.4) is 0 Å². The van der Waals surface area contributed by atoms with E-state index < -0.39 is 0 Å². The molecule has 2 nitrogen and oxygen atoms in total. The Labute approximate surface area is 170 Å². The monoisotopic (exact) mass is 374 g/mol. The average molecular weight is 374 g/mol. The molecule has 0 radical (unpaired) electrons. The van der Waals surface area contributed by atoms with Gasteiger partial charge in [0.2, 0.25) is 0 Å². The normalized spacial score (nSPS) is 13.3. The molecule has 2 heteroatoms. The number of pyridine rings is 1. The van der Waals surface area contributed by atoms with Gasteiger partial charge in [-0.1, -0.05) is 60.7 Å². The summed E-state index contributed by atoms with van der Waals surface area (Å²) < 4.78 is 0. The van der Waals surface area contributed by atoms with Gasteiger partial charge >= 0.3 is 0 Å². The molecule has 0 saturated carbocycles. The summed E-state index contributed by atoms with van der Waals surface area (Å²) in [6.45, 7) is 2.15. The van der Waals surface area contributed by atoms with E-state index in [1.807, 2.05) is 0 Å². The Balaban J connectivity index is 1.74. The van der Waals surface area contributed by atoms with Crippen molar-refractivity contribution in [2.45, 2.75) is 26.2 Å². The van der Waals surface area contributed by atoms with Crippen molar-refractivity contribution in [3.63, 3.8) is 0 Å². The first-order valence-electron chi connectivity index (χ1n) is 10.4. The fraction of sp³-hybridized carbons (Fsp3) is 0.148. The summed E-state index contributed by atoms with van der Waals surface area (Å²) >= 11 is 0. The minimum atomic E-state index is 1.05. The Hall–Kier alpha value is -3.39. The topological polar surface area (TPSA) is 28.7 Å². The molecule has 140 valence electrons. The third kappa shape index (κ3) is 2.52. The van der Waals surface area contributed by atoms with Gasteiger partial charge in [-0.15, -0.1) is 0 Å². The molecule has 0 spiro atoms. The number of benzene rings is 3. The van der Waals surface area contributed by atoms with Gasteiger partial charge in [-0.3, -0.25) is 0 Å². The van der Waals surface area contributed by atoms with E-state index in [4.69, 9.17) is 4.98 Å². The quantitative estimate of drug-likeness (QED) is 0.341. The molecule has 0 atom stereocenters. The number of aryl methyl sites for hydroxylation is 2. The van der Waals surface area contributed by atoms with E-state index >= 15 is 0 Å². The number of nitrogens with zero attached hydrogens (tertiary/aromatic N) is 1. The van der Waals surface area contributed by atoms with Gasteiger partial charge in [0.1, 0.15) is 0 Å². The molecule has 5 aromatic rings. The largest absolute Gasteiger partial charge is 0.353 e. The summed E-state index contributed by atoms with van der Waals surface area (Å²) in [5.74, 6) is 0. The second-order valence-corrected chi connectivity index (χ2v) is 8.08. The van der Waals surface area contributed by atoms with Crippen LogP contribution in [0, 0.1) is 6.92 Å². The van der Waals surface area contributed by atoms with Gasteiger partial charge in [0.25, 0.3) is 0 Å². The van der Waals surface area contributed by atoms with E-state index in [-0.39, 0.29) is 0 Å². The fourth-order valence-corrected chi connectivity index (χ4v) is 4.91. The van der Waals surface area contributed by atoms with E-state index in [9.17, 15) is 0 Å². The second-order valence-electron chi connectivity index (χ2n) is 8.08. The van der Waals surface area contributed by atoms with Crippen molar-refractivity contribution in [1.29, 1.82) is 0 Å². The van der Waals surface area contributed by atoms with Crippen molar-refractivity contribution in [3.8, 4) is 22.5 Å². The zero-order chi connectivity index (χ0) is 19.4. The minimum Gasteiger partial charge on any atom is -0.353 e. The van der Waals surface area contributed by atoms with E-state index in [0.29, 0.717) is 0 Å². The molecule has 1 N–H and O–H groups in total. The Morgan fingerprint density at radius 3 is 2.48 bits per heavy atom. The van der Waals surface area contributed by atoms with E-state index in [1.165, 1.54) is 49.8 Å². The molecule has 2 heterocycles. The minimum absolute atomic E-state index is 1.05. The maximum absolute atomic E-state index is 5.19. The number of nitrogens with one attached hydrogen (secondary N) is 1. The molecular weight excluding hydrogens is 352 g/mol. The van der Waals surface area contributed by atoms with Crippen molar-refractivity contribution in [2.24, 2.45) is 0 Å². The second kappa shape index (κ2) is 6.31. The highest BCUT2D eigenvalue weighted by Crippen LogP contribution is 2.42. The van der Waals surface area contributed by atoms with Gasteiger partial charge in [-0.25, -0.2) is 4.98 Å². The summed E-state index contributed by atoms with van der Waals surface area (Å²) in [6, 6.07) is 26.1. The molecular formula is C27H22N2. The number of rotatable bonds is 1. The van der Waals surface area contributed by atoms with Crippen LogP contribution in [0.15, 0.2) is 72.8 Å². The number of aromatic amines is 1. The molecule has 3 aromatic carbocycles. The summed E-state index contributed by atoms with van der Waals surface area (Å²) in [7, 11) is 0. The highest BCUT2D eigenvalue weighted by atomic mass is 14.8. The van der Waals surface area contributed by atoms with Crippen LogP contribution in [-0.2, 0) is 12.8 Å². The highest BCUT2D eigenvalue weighted by Gasteiger charge is 2.24. The molecule has 1 aliphatic carbocycles. The lowest BCUT2D eigenvalue weighted by atomic mass is 9.92. The van der Waals surface area contributed by atoms with E-state index in [2.05, 4.69) is 84.7 Å². The molecule has 0 amide bonds. The summed E-state index contributed by atoms with van der Waals surface area (Å²) in [6.07, 6.45) is 3.27. The number of hydrogen-bond acceptors (Lipinski definition) is 1. The van der Waals surface area contributed by atoms with Crippen LogP contribution >= 0.6 is 0 Å². The van der Waals surface area contributed by atoms with Crippen LogP contribution in [0.2, 0.25) is 0 Å².